The summed E-state index contributed by atoms with van der Waals surface area (Å²) < 4.78 is 5.65. The lowest BCUT2D eigenvalue weighted by Crippen LogP contribution is -2.52. The zero-order chi connectivity index (χ0) is 16.5. The number of benzene rings is 1. The molecule has 0 spiro atoms. The van der Waals surface area contributed by atoms with Gasteiger partial charge in [-0.3, -0.25) is 0 Å². The minimum Gasteiger partial charge on any atom is -0.494 e. The lowest BCUT2D eigenvalue weighted by Gasteiger charge is -2.27. The van der Waals surface area contributed by atoms with Gasteiger partial charge in [-0.05, 0) is 44.7 Å². The molecule has 1 aliphatic carbocycles. The van der Waals surface area contributed by atoms with Crippen LogP contribution in [0.1, 0.15) is 44.1 Å². The maximum atomic E-state index is 11.9. The molecule has 128 valence electrons. The van der Waals surface area contributed by atoms with Crippen LogP contribution in [0.4, 0.5) is 4.79 Å². The first-order chi connectivity index (χ1) is 11.1. The molecule has 0 atom stereocenters. The minimum absolute atomic E-state index is 0.0187. The van der Waals surface area contributed by atoms with E-state index in [1.54, 1.807) is 0 Å². The first kappa shape index (κ1) is 17.6. The van der Waals surface area contributed by atoms with E-state index in [-0.39, 0.29) is 12.6 Å². The number of aryl methyl sites for hydroxylation is 1. The van der Waals surface area contributed by atoms with Crippen LogP contribution in [0, 0.1) is 6.92 Å². The van der Waals surface area contributed by atoms with E-state index in [4.69, 9.17) is 4.74 Å². The van der Waals surface area contributed by atoms with Crippen LogP contribution in [0.15, 0.2) is 24.3 Å². The van der Waals surface area contributed by atoms with Crippen molar-refractivity contribution in [1.82, 2.24) is 10.6 Å². The van der Waals surface area contributed by atoms with Crippen molar-refractivity contribution < 1.29 is 14.6 Å². The van der Waals surface area contributed by atoms with Gasteiger partial charge in [0.05, 0.1) is 18.8 Å². The Morgan fingerprint density at radius 1 is 1.22 bits per heavy atom. The fraction of sp³-hybridized carbons (Fsp3) is 0.611. The molecular weight excluding hydrogens is 292 g/mol. The standard InChI is InChI=1S/C18H28N2O3/c1-15-6-8-16(9-7-15)23-13-5-4-12-19-17(22)20-18(14-21)10-2-3-11-18/h6-9,21H,2-5,10-14H2,1H3,(H2,19,20,22). The van der Waals surface area contributed by atoms with Crippen molar-refractivity contribution in [1.29, 1.82) is 0 Å². The third-order valence-corrected chi connectivity index (χ3v) is 4.39. The quantitative estimate of drug-likeness (QED) is 0.645. The number of carbonyl (C=O) groups is 1. The molecule has 1 aliphatic rings. The number of urea groups is 1. The number of hydrogen-bond acceptors (Lipinski definition) is 3. The summed E-state index contributed by atoms with van der Waals surface area (Å²) in [6.45, 7) is 3.33. The van der Waals surface area contributed by atoms with Gasteiger partial charge in [0.15, 0.2) is 0 Å². The van der Waals surface area contributed by atoms with Gasteiger partial charge < -0.3 is 20.5 Å². The highest BCUT2D eigenvalue weighted by Gasteiger charge is 2.34. The second kappa shape index (κ2) is 8.77. The summed E-state index contributed by atoms with van der Waals surface area (Å²) in [5.74, 6) is 0.882. The fourth-order valence-corrected chi connectivity index (χ4v) is 2.91. The van der Waals surface area contributed by atoms with Crippen LogP contribution < -0.4 is 15.4 Å². The molecular formula is C18H28N2O3. The van der Waals surface area contributed by atoms with Crippen molar-refractivity contribution in [3.63, 3.8) is 0 Å². The van der Waals surface area contributed by atoms with Crippen LogP contribution in [0.3, 0.4) is 0 Å². The second-order valence-electron chi connectivity index (χ2n) is 6.40. The van der Waals surface area contributed by atoms with Gasteiger partial charge in [-0.15, -0.1) is 0 Å². The molecule has 5 nitrogen and oxygen atoms in total. The Hall–Kier alpha value is -1.75. The Morgan fingerprint density at radius 3 is 2.57 bits per heavy atom. The van der Waals surface area contributed by atoms with Crippen molar-refractivity contribution in [3.8, 4) is 5.75 Å². The van der Waals surface area contributed by atoms with Crippen LogP contribution in [0.5, 0.6) is 5.75 Å². The Balaban J connectivity index is 1.54. The smallest absolute Gasteiger partial charge is 0.315 e. The number of nitrogens with one attached hydrogen (secondary N) is 2. The number of hydrogen-bond donors (Lipinski definition) is 3. The summed E-state index contributed by atoms with van der Waals surface area (Å²) in [6, 6.07) is 7.82. The topological polar surface area (TPSA) is 70.6 Å². The zero-order valence-electron chi connectivity index (χ0n) is 13.9. The van der Waals surface area contributed by atoms with E-state index >= 15 is 0 Å². The average Bonchev–Trinajstić information content (AvgIpc) is 3.01. The largest absolute Gasteiger partial charge is 0.494 e. The normalized spacial score (nSPS) is 16.1. The fourth-order valence-electron chi connectivity index (χ4n) is 2.91. The van der Waals surface area contributed by atoms with Gasteiger partial charge >= 0.3 is 6.03 Å². The molecule has 2 rings (SSSR count). The van der Waals surface area contributed by atoms with Crippen LogP contribution in [0.25, 0.3) is 0 Å². The maximum absolute atomic E-state index is 11.9. The number of amides is 2. The van der Waals surface area contributed by atoms with Crippen LogP contribution in [0.2, 0.25) is 0 Å². The summed E-state index contributed by atoms with van der Waals surface area (Å²) in [6.07, 6.45) is 5.61. The van der Waals surface area contributed by atoms with Gasteiger partial charge in [0, 0.05) is 6.54 Å². The molecule has 1 aromatic carbocycles. The van der Waals surface area contributed by atoms with E-state index in [2.05, 4.69) is 10.6 Å². The van der Waals surface area contributed by atoms with E-state index in [1.165, 1.54) is 5.56 Å². The van der Waals surface area contributed by atoms with Gasteiger partial charge in [-0.2, -0.15) is 0 Å². The molecule has 0 radical (unpaired) electrons. The Kier molecular flexibility index (Phi) is 6.71. The minimum atomic E-state index is -0.404. The summed E-state index contributed by atoms with van der Waals surface area (Å²) in [5.41, 5.74) is 0.814. The summed E-state index contributed by atoms with van der Waals surface area (Å²) >= 11 is 0. The molecule has 0 heterocycles. The Bertz CT molecular complexity index is 482. The predicted octanol–water partition coefficient (Wildman–Crippen LogP) is 2.76. The van der Waals surface area contributed by atoms with Crippen molar-refractivity contribution in [3.05, 3.63) is 29.8 Å². The molecule has 5 heteroatoms. The number of unbranched alkanes of at least 4 members (excludes halogenated alkanes) is 1. The average molecular weight is 320 g/mol. The van der Waals surface area contributed by atoms with Crippen LogP contribution in [-0.2, 0) is 0 Å². The molecule has 0 saturated heterocycles. The van der Waals surface area contributed by atoms with E-state index < -0.39 is 5.54 Å². The monoisotopic (exact) mass is 320 g/mol. The molecule has 0 bridgehead atoms. The molecule has 23 heavy (non-hydrogen) atoms. The maximum Gasteiger partial charge on any atom is 0.315 e. The molecule has 1 fully saturated rings. The highest BCUT2D eigenvalue weighted by Crippen LogP contribution is 2.28. The van der Waals surface area contributed by atoms with Gasteiger partial charge in [-0.25, -0.2) is 4.79 Å². The molecule has 1 aromatic rings. The summed E-state index contributed by atoms with van der Waals surface area (Å²) in [5, 5.41) is 15.3. The summed E-state index contributed by atoms with van der Waals surface area (Å²) in [7, 11) is 0. The number of aliphatic hydroxyl groups excluding tert-OH is 1. The number of rotatable bonds is 8. The van der Waals surface area contributed by atoms with Gasteiger partial charge in [-0.1, -0.05) is 30.5 Å². The molecule has 2 amide bonds. The van der Waals surface area contributed by atoms with E-state index in [1.807, 2.05) is 31.2 Å². The molecule has 1 saturated carbocycles. The molecule has 0 aromatic heterocycles. The SMILES string of the molecule is Cc1ccc(OCCCCNC(=O)NC2(CO)CCCC2)cc1. The first-order valence-electron chi connectivity index (χ1n) is 8.50. The van der Waals surface area contributed by atoms with Crippen molar-refractivity contribution >= 4 is 6.03 Å². The molecule has 3 N–H and O–H groups in total. The number of carbonyl (C=O) groups excluding carboxylic acids is 1. The van der Waals surface area contributed by atoms with Crippen LogP contribution in [-0.4, -0.2) is 36.4 Å². The molecule has 0 unspecified atom stereocenters. The first-order valence-corrected chi connectivity index (χ1v) is 8.50. The summed E-state index contributed by atoms with van der Waals surface area (Å²) in [4.78, 5) is 11.9. The van der Waals surface area contributed by atoms with Crippen molar-refractivity contribution in [2.75, 3.05) is 19.8 Å². The van der Waals surface area contributed by atoms with Crippen molar-refractivity contribution in [2.45, 2.75) is 51.0 Å². The lowest BCUT2D eigenvalue weighted by atomic mass is 9.99. The van der Waals surface area contributed by atoms with E-state index in [9.17, 15) is 9.90 Å². The highest BCUT2D eigenvalue weighted by molar-refractivity contribution is 5.74. The van der Waals surface area contributed by atoms with Gasteiger partial charge in [0.25, 0.3) is 0 Å². The van der Waals surface area contributed by atoms with Gasteiger partial charge in [0.1, 0.15) is 5.75 Å². The lowest BCUT2D eigenvalue weighted by molar-refractivity contribution is 0.163. The zero-order valence-corrected chi connectivity index (χ0v) is 13.9. The van der Waals surface area contributed by atoms with E-state index in [0.717, 1.165) is 44.3 Å². The third-order valence-electron chi connectivity index (χ3n) is 4.39. The number of ether oxygens (including phenoxy) is 1. The van der Waals surface area contributed by atoms with Crippen LogP contribution >= 0.6 is 0 Å². The predicted molar refractivity (Wildman–Crippen MR) is 90.7 cm³/mol. The van der Waals surface area contributed by atoms with Crippen molar-refractivity contribution in [2.24, 2.45) is 0 Å². The Morgan fingerprint density at radius 2 is 1.91 bits per heavy atom. The van der Waals surface area contributed by atoms with E-state index in [0.29, 0.717) is 13.2 Å². The third kappa shape index (κ3) is 5.75. The number of aliphatic hydroxyl groups is 1. The molecule has 0 aliphatic heterocycles. The second-order valence-corrected chi connectivity index (χ2v) is 6.40. The Labute approximate surface area is 138 Å². The van der Waals surface area contributed by atoms with Gasteiger partial charge in [0.2, 0.25) is 0 Å². The highest BCUT2D eigenvalue weighted by atomic mass is 16.5.